The van der Waals surface area contributed by atoms with Crippen molar-refractivity contribution in [2.75, 3.05) is 7.11 Å². The van der Waals surface area contributed by atoms with Crippen molar-refractivity contribution in [1.82, 2.24) is 24.7 Å². The molecule has 6 aromatic rings. The maximum absolute atomic E-state index is 5.31. The molecule has 0 aliphatic carbocycles. The third-order valence-corrected chi connectivity index (χ3v) is 6.63. The van der Waals surface area contributed by atoms with Gasteiger partial charge in [-0.2, -0.15) is 5.10 Å². The molecule has 6 heteroatoms. The molecule has 0 amide bonds. The van der Waals surface area contributed by atoms with Gasteiger partial charge in [-0.3, -0.25) is 9.67 Å². The van der Waals surface area contributed by atoms with Crippen LogP contribution in [0.4, 0.5) is 0 Å². The summed E-state index contributed by atoms with van der Waals surface area (Å²) in [6.07, 6.45) is 3.84. The van der Waals surface area contributed by atoms with Gasteiger partial charge in [0.15, 0.2) is 5.82 Å². The fraction of sp³-hybridized carbons (Fsp3) is 0.138. The summed E-state index contributed by atoms with van der Waals surface area (Å²) in [7, 11) is 1.68. The Morgan fingerprint density at radius 2 is 1.77 bits per heavy atom. The first-order valence-electron chi connectivity index (χ1n) is 11.6. The zero-order chi connectivity index (χ0) is 23.9. The normalized spacial score (nSPS) is 11.4. The van der Waals surface area contributed by atoms with Crippen LogP contribution in [0.3, 0.4) is 0 Å². The number of H-pyrrole nitrogens is 1. The second-order valence-corrected chi connectivity index (χ2v) is 8.82. The number of aromatic nitrogens is 5. The lowest BCUT2D eigenvalue weighted by molar-refractivity contribution is 0.414. The van der Waals surface area contributed by atoms with Crippen molar-refractivity contribution in [1.29, 1.82) is 0 Å². The standard InChI is InChI=1S/C29H25N5O/c1-18-15-30-16-24(19(18)2)21-10-13-27-23(14-21)28(29-31-25-6-4-5-7-26(25)32-29)33-34(27)17-20-8-11-22(35-3)12-9-20/h4-16H,17H2,1-3H3,(H,31,32). The number of pyridine rings is 1. The SMILES string of the molecule is COc1ccc(Cn2nc(-c3nc4ccccc4[nH]3)c3cc(-c4cncc(C)c4C)ccc32)cc1. The van der Waals surface area contributed by atoms with Crippen molar-refractivity contribution in [2.45, 2.75) is 20.4 Å². The molecule has 0 saturated heterocycles. The van der Waals surface area contributed by atoms with Crippen LogP contribution in [-0.4, -0.2) is 31.8 Å². The fourth-order valence-corrected chi connectivity index (χ4v) is 4.53. The molecule has 0 saturated carbocycles. The number of hydrogen-bond acceptors (Lipinski definition) is 4. The summed E-state index contributed by atoms with van der Waals surface area (Å²) in [5.41, 5.74) is 9.62. The zero-order valence-electron chi connectivity index (χ0n) is 19.9. The van der Waals surface area contributed by atoms with Crippen molar-refractivity contribution >= 4 is 21.9 Å². The average Bonchev–Trinajstić information content (AvgIpc) is 3.47. The minimum atomic E-state index is 0.644. The van der Waals surface area contributed by atoms with E-state index in [0.29, 0.717) is 6.54 Å². The van der Waals surface area contributed by atoms with E-state index in [4.69, 9.17) is 14.8 Å². The summed E-state index contributed by atoms with van der Waals surface area (Å²) >= 11 is 0. The van der Waals surface area contributed by atoms with Crippen LogP contribution in [0.15, 0.2) is 79.1 Å². The number of nitrogens with one attached hydrogen (secondary N) is 1. The van der Waals surface area contributed by atoms with E-state index in [1.165, 1.54) is 11.1 Å². The predicted molar refractivity (Wildman–Crippen MR) is 140 cm³/mol. The van der Waals surface area contributed by atoms with Gasteiger partial charge < -0.3 is 9.72 Å². The van der Waals surface area contributed by atoms with Gasteiger partial charge >= 0.3 is 0 Å². The van der Waals surface area contributed by atoms with Crippen LogP contribution in [0.1, 0.15) is 16.7 Å². The summed E-state index contributed by atoms with van der Waals surface area (Å²) < 4.78 is 7.36. The van der Waals surface area contributed by atoms with Crippen LogP contribution in [0.2, 0.25) is 0 Å². The summed E-state index contributed by atoms with van der Waals surface area (Å²) in [4.78, 5) is 12.7. The average molecular weight is 460 g/mol. The number of ether oxygens (including phenoxy) is 1. The number of aromatic amines is 1. The Balaban J connectivity index is 1.53. The summed E-state index contributed by atoms with van der Waals surface area (Å²) in [6.45, 7) is 4.88. The van der Waals surface area contributed by atoms with Crippen LogP contribution < -0.4 is 4.74 Å². The minimum absolute atomic E-state index is 0.644. The molecule has 0 radical (unpaired) electrons. The molecule has 0 aliphatic rings. The topological polar surface area (TPSA) is 68.6 Å². The Bertz CT molecular complexity index is 1640. The minimum Gasteiger partial charge on any atom is -0.497 e. The van der Waals surface area contributed by atoms with Crippen molar-refractivity contribution in [2.24, 2.45) is 0 Å². The molecular formula is C29H25N5O. The Morgan fingerprint density at radius 3 is 2.57 bits per heavy atom. The Kier molecular flexibility index (Phi) is 5.07. The number of nitrogens with zero attached hydrogens (tertiary/aromatic N) is 4. The van der Waals surface area contributed by atoms with E-state index < -0.39 is 0 Å². The molecule has 0 spiro atoms. The molecular weight excluding hydrogens is 434 g/mol. The summed E-state index contributed by atoms with van der Waals surface area (Å²) in [6, 6.07) is 22.7. The molecule has 1 N–H and O–H groups in total. The van der Waals surface area contributed by atoms with Gasteiger partial charge in [0.1, 0.15) is 11.4 Å². The quantitative estimate of drug-likeness (QED) is 0.328. The van der Waals surface area contributed by atoms with E-state index in [9.17, 15) is 0 Å². The van der Waals surface area contributed by atoms with E-state index in [1.807, 2.05) is 53.5 Å². The smallest absolute Gasteiger partial charge is 0.159 e. The van der Waals surface area contributed by atoms with Crippen LogP contribution in [-0.2, 0) is 6.54 Å². The molecule has 6 rings (SSSR count). The van der Waals surface area contributed by atoms with Gasteiger partial charge in [-0.25, -0.2) is 4.98 Å². The lowest BCUT2D eigenvalue weighted by atomic mass is 9.98. The molecule has 3 aromatic carbocycles. The summed E-state index contributed by atoms with van der Waals surface area (Å²) in [5.74, 6) is 1.61. The second-order valence-electron chi connectivity index (χ2n) is 8.82. The molecule has 0 atom stereocenters. The predicted octanol–water partition coefficient (Wildman–Crippen LogP) is 6.32. The highest BCUT2D eigenvalue weighted by atomic mass is 16.5. The maximum atomic E-state index is 5.31. The number of benzene rings is 3. The number of para-hydroxylation sites is 2. The molecule has 0 bridgehead atoms. The maximum Gasteiger partial charge on any atom is 0.159 e. The fourth-order valence-electron chi connectivity index (χ4n) is 4.53. The van der Waals surface area contributed by atoms with Crippen molar-refractivity contribution in [3.05, 3.63) is 95.8 Å². The molecule has 35 heavy (non-hydrogen) atoms. The highest BCUT2D eigenvalue weighted by Crippen LogP contribution is 2.33. The van der Waals surface area contributed by atoms with Gasteiger partial charge in [0.2, 0.25) is 0 Å². The van der Waals surface area contributed by atoms with Gasteiger partial charge in [0, 0.05) is 23.3 Å². The van der Waals surface area contributed by atoms with Gasteiger partial charge in [0.05, 0.1) is 30.2 Å². The lowest BCUT2D eigenvalue weighted by Gasteiger charge is -2.09. The number of hydrogen-bond donors (Lipinski definition) is 1. The number of methoxy groups -OCH3 is 1. The van der Waals surface area contributed by atoms with Crippen LogP contribution in [0.25, 0.3) is 44.6 Å². The highest BCUT2D eigenvalue weighted by Gasteiger charge is 2.18. The Labute approximate surface area is 203 Å². The lowest BCUT2D eigenvalue weighted by Crippen LogP contribution is -2.02. The van der Waals surface area contributed by atoms with E-state index in [-0.39, 0.29) is 0 Å². The van der Waals surface area contributed by atoms with Crippen molar-refractivity contribution in [3.63, 3.8) is 0 Å². The number of rotatable bonds is 5. The zero-order valence-corrected chi connectivity index (χ0v) is 19.9. The van der Waals surface area contributed by atoms with E-state index in [0.717, 1.165) is 55.9 Å². The molecule has 172 valence electrons. The molecule has 0 aliphatic heterocycles. The van der Waals surface area contributed by atoms with Crippen LogP contribution in [0, 0.1) is 13.8 Å². The Hall–Kier alpha value is -4.45. The molecule has 0 fully saturated rings. The third-order valence-electron chi connectivity index (χ3n) is 6.63. The van der Waals surface area contributed by atoms with E-state index >= 15 is 0 Å². The number of fused-ring (bicyclic) bond motifs is 2. The molecule has 0 unspecified atom stereocenters. The molecule has 3 aromatic heterocycles. The monoisotopic (exact) mass is 459 g/mol. The van der Waals surface area contributed by atoms with E-state index in [1.54, 1.807) is 7.11 Å². The van der Waals surface area contributed by atoms with Gasteiger partial charge in [-0.1, -0.05) is 30.3 Å². The van der Waals surface area contributed by atoms with Gasteiger partial charge in [-0.15, -0.1) is 0 Å². The van der Waals surface area contributed by atoms with E-state index in [2.05, 4.69) is 54.1 Å². The van der Waals surface area contributed by atoms with Gasteiger partial charge in [0.25, 0.3) is 0 Å². The first-order valence-corrected chi connectivity index (χ1v) is 11.6. The number of aryl methyl sites for hydroxylation is 1. The first-order chi connectivity index (χ1) is 17.1. The third kappa shape index (κ3) is 3.73. The van der Waals surface area contributed by atoms with Crippen LogP contribution in [0.5, 0.6) is 5.75 Å². The van der Waals surface area contributed by atoms with Crippen molar-refractivity contribution in [3.8, 4) is 28.4 Å². The molecule has 6 nitrogen and oxygen atoms in total. The Morgan fingerprint density at radius 1 is 0.943 bits per heavy atom. The number of imidazole rings is 1. The largest absolute Gasteiger partial charge is 0.497 e. The van der Waals surface area contributed by atoms with Gasteiger partial charge in [-0.05, 0) is 72.5 Å². The molecule has 3 heterocycles. The summed E-state index contributed by atoms with van der Waals surface area (Å²) in [5, 5.41) is 6.10. The second kappa shape index (κ2) is 8.40. The van der Waals surface area contributed by atoms with Crippen molar-refractivity contribution < 1.29 is 4.74 Å². The highest BCUT2D eigenvalue weighted by molar-refractivity contribution is 5.96. The first kappa shape index (κ1) is 21.1. The van der Waals surface area contributed by atoms with Crippen LogP contribution >= 0.6 is 0 Å².